The van der Waals surface area contributed by atoms with Gasteiger partial charge in [-0.3, -0.25) is 9.59 Å². The van der Waals surface area contributed by atoms with Crippen LogP contribution in [0.4, 0.5) is 5.82 Å². The number of fused-ring (bicyclic) bond motifs is 1. The number of H-pyrrole nitrogens is 1. The van der Waals surface area contributed by atoms with Gasteiger partial charge in [0.1, 0.15) is 5.52 Å². The Morgan fingerprint density at radius 2 is 2.38 bits per heavy atom. The highest BCUT2D eigenvalue weighted by Gasteiger charge is 2.28. The topological polar surface area (TPSA) is 97.0 Å². The average Bonchev–Trinajstić information content (AvgIpc) is 3.07. The molecule has 0 saturated carbocycles. The molecule has 3 heterocycles. The number of hydrogen-bond donors (Lipinski definition) is 2. The molecule has 0 radical (unpaired) electrons. The number of likely N-dealkylation sites (tertiary alicyclic amines) is 1. The van der Waals surface area contributed by atoms with Gasteiger partial charge in [0.2, 0.25) is 5.91 Å². The fourth-order valence-electron chi connectivity index (χ4n) is 2.77. The van der Waals surface area contributed by atoms with Gasteiger partial charge >= 0.3 is 0 Å². The van der Waals surface area contributed by atoms with Crippen molar-refractivity contribution in [1.29, 1.82) is 0 Å². The molecule has 110 valence electrons. The summed E-state index contributed by atoms with van der Waals surface area (Å²) in [7, 11) is 0. The number of nitrogens with zero attached hydrogens (tertiary/aromatic N) is 3. The molecular formula is C13H14IN5O2. The number of halogens is 1. The highest BCUT2D eigenvalue weighted by atomic mass is 127. The van der Waals surface area contributed by atoms with Crippen LogP contribution in [0.2, 0.25) is 0 Å². The van der Waals surface area contributed by atoms with E-state index >= 15 is 0 Å². The third-order valence-electron chi connectivity index (χ3n) is 3.78. The van der Waals surface area contributed by atoms with Gasteiger partial charge in [0, 0.05) is 22.9 Å². The summed E-state index contributed by atoms with van der Waals surface area (Å²) in [5.41, 5.74) is 6.11. The molecule has 3 N–H and O–H groups in total. The van der Waals surface area contributed by atoms with Gasteiger partial charge in [-0.1, -0.05) is 6.58 Å². The fourth-order valence-corrected chi connectivity index (χ4v) is 3.61. The Morgan fingerprint density at radius 1 is 1.62 bits per heavy atom. The van der Waals surface area contributed by atoms with Crippen molar-refractivity contribution in [1.82, 2.24) is 19.7 Å². The second-order valence-corrected chi connectivity index (χ2v) is 6.14. The van der Waals surface area contributed by atoms with E-state index in [4.69, 9.17) is 5.73 Å². The molecule has 1 atom stereocenters. The van der Waals surface area contributed by atoms with E-state index in [1.165, 1.54) is 6.08 Å². The van der Waals surface area contributed by atoms with E-state index in [2.05, 4.69) is 39.4 Å². The molecule has 21 heavy (non-hydrogen) atoms. The van der Waals surface area contributed by atoms with E-state index in [9.17, 15) is 9.59 Å². The average molecular weight is 399 g/mol. The molecule has 2 aromatic heterocycles. The summed E-state index contributed by atoms with van der Waals surface area (Å²) in [6.07, 6.45) is 4.00. The van der Waals surface area contributed by atoms with Crippen molar-refractivity contribution >= 4 is 45.2 Å². The fraction of sp³-hybridized carbons (Fsp3) is 0.308. The van der Waals surface area contributed by atoms with Crippen LogP contribution in [0, 0.1) is 3.57 Å². The second-order valence-electron chi connectivity index (χ2n) is 4.98. The van der Waals surface area contributed by atoms with Gasteiger partial charge in [0.15, 0.2) is 5.82 Å². The molecule has 3 rings (SSSR count). The zero-order chi connectivity index (χ0) is 15.1. The number of aromatic amines is 1. The number of anilines is 1. The second kappa shape index (κ2) is 5.17. The van der Waals surface area contributed by atoms with E-state index in [1.54, 1.807) is 4.90 Å². The molecule has 0 bridgehead atoms. The predicted octanol–water partition coefficient (Wildman–Crippen LogP) is 0.871. The maximum atomic E-state index is 12.1. The minimum absolute atomic E-state index is 0.0582. The van der Waals surface area contributed by atoms with E-state index < -0.39 is 0 Å². The van der Waals surface area contributed by atoms with Crippen LogP contribution >= 0.6 is 22.6 Å². The summed E-state index contributed by atoms with van der Waals surface area (Å²) >= 11 is 2.14. The normalized spacial score (nSPS) is 18.3. The first-order valence-electron chi connectivity index (χ1n) is 6.48. The van der Waals surface area contributed by atoms with Crippen molar-refractivity contribution in [3.05, 3.63) is 32.8 Å². The largest absolute Gasteiger partial charge is 0.382 e. The Bertz CT molecular complexity index is 794. The predicted molar refractivity (Wildman–Crippen MR) is 87.9 cm³/mol. The number of hydrogen-bond acceptors (Lipinski definition) is 4. The zero-order valence-corrected chi connectivity index (χ0v) is 13.3. The van der Waals surface area contributed by atoms with Crippen LogP contribution in [-0.4, -0.2) is 38.7 Å². The molecule has 1 amide bonds. The quantitative estimate of drug-likeness (QED) is 0.579. The lowest BCUT2D eigenvalue weighted by Gasteiger charge is -2.16. The Kier molecular flexibility index (Phi) is 3.47. The van der Waals surface area contributed by atoms with Gasteiger partial charge in [-0.2, -0.15) is 5.10 Å². The standard InChI is InChI=1S/C13H14IN5O2/c1-2-9(20)18-4-3-7(5-18)19-6-8(14)10-11(19)13(21)17-16-12(10)15/h2,6-7H,1,3-5H2,(H2,15,16)(H,17,21)/t7-/m0/s1. The number of aromatic nitrogens is 3. The van der Waals surface area contributed by atoms with Crippen LogP contribution in [0.3, 0.4) is 0 Å². The minimum Gasteiger partial charge on any atom is -0.382 e. The van der Waals surface area contributed by atoms with Crippen LogP contribution in [0.1, 0.15) is 12.5 Å². The van der Waals surface area contributed by atoms with Crippen molar-refractivity contribution in [2.45, 2.75) is 12.5 Å². The van der Waals surface area contributed by atoms with E-state index in [0.717, 1.165) is 9.99 Å². The maximum absolute atomic E-state index is 12.1. The van der Waals surface area contributed by atoms with E-state index in [-0.39, 0.29) is 17.5 Å². The van der Waals surface area contributed by atoms with E-state index in [1.807, 2.05) is 10.8 Å². The van der Waals surface area contributed by atoms with Crippen molar-refractivity contribution in [2.24, 2.45) is 0 Å². The van der Waals surface area contributed by atoms with Gasteiger partial charge < -0.3 is 15.2 Å². The van der Waals surface area contributed by atoms with Crippen molar-refractivity contribution in [3.63, 3.8) is 0 Å². The molecule has 0 spiro atoms. The number of carbonyl (C=O) groups excluding carboxylic acids is 1. The summed E-state index contributed by atoms with van der Waals surface area (Å²) < 4.78 is 2.79. The van der Waals surface area contributed by atoms with Crippen LogP contribution in [0.25, 0.3) is 10.9 Å². The van der Waals surface area contributed by atoms with Crippen LogP contribution in [-0.2, 0) is 4.79 Å². The maximum Gasteiger partial charge on any atom is 0.288 e. The van der Waals surface area contributed by atoms with Gasteiger partial charge in [-0.05, 0) is 35.1 Å². The van der Waals surface area contributed by atoms with Gasteiger partial charge in [-0.15, -0.1) is 0 Å². The molecule has 7 nitrogen and oxygen atoms in total. The molecular weight excluding hydrogens is 385 g/mol. The number of rotatable bonds is 2. The molecule has 0 aliphatic carbocycles. The van der Waals surface area contributed by atoms with Gasteiger partial charge in [-0.25, -0.2) is 5.10 Å². The number of amides is 1. The summed E-state index contributed by atoms with van der Waals surface area (Å²) in [5.74, 6) is 0.225. The van der Waals surface area contributed by atoms with Gasteiger partial charge in [0.05, 0.1) is 11.4 Å². The third kappa shape index (κ3) is 2.23. The first-order valence-corrected chi connectivity index (χ1v) is 7.56. The molecule has 8 heteroatoms. The van der Waals surface area contributed by atoms with Gasteiger partial charge in [0.25, 0.3) is 5.56 Å². The number of nitrogens with two attached hydrogens (primary N) is 1. The summed E-state index contributed by atoms with van der Waals surface area (Å²) in [5, 5.41) is 6.90. The Balaban J connectivity index is 2.07. The Labute approximate surface area is 133 Å². The number of nitrogen functional groups attached to an aromatic ring is 1. The first kappa shape index (κ1) is 14.1. The molecule has 1 saturated heterocycles. The highest BCUT2D eigenvalue weighted by molar-refractivity contribution is 14.1. The number of carbonyl (C=O) groups is 1. The van der Waals surface area contributed by atoms with Crippen LogP contribution < -0.4 is 11.3 Å². The zero-order valence-electron chi connectivity index (χ0n) is 11.2. The number of nitrogens with one attached hydrogen (secondary N) is 1. The molecule has 1 aliphatic rings. The van der Waals surface area contributed by atoms with Crippen molar-refractivity contribution in [2.75, 3.05) is 18.8 Å². The molecule has 2 aromatic rings. The lowest BCUT2D eigenvalue weighted by atomic mass is 10.2. The lowest BCUT2D eigenvalue weighted by molar-refractivity contribution is -0.125. The molecule has 0 aromatic carbocycles. The smallest absolute Gasteiger partial charge is 0.288 e. The summed E-state index contributed by atoms with van der Waals surface area (Å²) in [6.45, 7) is 4.72. The monoisotopic (exact) mass is 399 g/mol. The highest BCUT2D eigenvalue weighted by Crippen LogP contribution is 2.30. The van der Waals surface area contributed by atoms with Crippen molar-refractivity contribution < 1.29 is 4.79 Å². The molecule has 1 fully saturated rings. The summed E-state index contributed by atoms with van der Waals surface area (Å²) in [4.78, 5) is 25.5. The third-order valence-corrected chi connectivity index (χ3v) is 4.60. The Hall–Kier alpha value is -1.84. The van der Waals surface area contributed by atoms with E-state index in [0.29, 0.717) is 29.8 Å². The Morgan fingerprint density at radius 3 is 3.10 bits per heavy atom. The minimum atomic E-state index is -0.268. The molecule has 0 unspecified atom stereocenters. The van der Waals surface area contributed by atoms with Crippen molar-refractivity contribution in [3.8, 4) is 0 Å². The first-order chi connectivity index (χ1) is 10.0. The van der Waals surface area contributed by atoms with Crippen LogP contribution in [0.5, 0.6) is 0 Å². The van der Waals surface area contributed by atoms with Crippen LogP contribution in [0.15, 0.2) is 23.6 Å². The SMILES string of the molecule is C=CC(=O)N1CC[C@H](n2cc(I)c3c(N)n[nH]c(=O)c32)C1. The molecule has 1 aliphatic heterocycles. The summed E-state index contributed by atoms with van der Waals surface area (Å²) in [6, 6.07) is 0.0582. The lowest BCUT2D eigenvalue weighted by Crippen LogP contribution is -2.27.